The number of hydrogen-bond donors (Lipinski definition) is 1. The summed E-state index contributed by atoms with van der Waals surface area (Å²) in [7, 11) is 0. The van der Waals surface area contributed by atoms with E-state index in [0.717, 1.165) is 5.56 Å². The molecule has 15 heteroatoms. The van der Waals surface area contributed by atoms with Crippen LogP contribution in [0.3, 0.4) is 0 Å². The van der Waals surface area contributed by atoms with Gasteiger partial charge in [0.1, 0.15) is 18.5 Å². The Morgan fingerprint density at radius 2 is 1.83 bits per heavy atom. The quantitative estimate of drug-likeness (QED) is 0.253. The molecule has 2 aromatic carbocycles. The molecule has 2 fully saturated rings. The number of halogens is 5. The minimum Gasteiger partial charge on any atom is -0.464 e. The van der Waals surface area contributed by atoms with E-state index >= 15 is 0 Å². The summed E-state index contributed by atoms with van der Waals surface area (Å²) in [6, 6.07) is 13.7. The van der Waals surface area contributed by atoms with Crippen molar-refractivity contribution in [3.63, 3.8) is 0 Å². The Labute approximate surface area is 277 Å². The van der Waals surface area contributed by atoms with Crippen LogP contribution in [0.2, 0.25) is 5.02 Å². The molecule has 0 unspecified atom stereocenters. The van der Waals surface area contributed by atoms with Gasteiger partial charge in [-0.15, -0.1) is 0 Å². The lowest BCUT2D eigenvalue weighted by atomic mass is 9.76. The zero-order chi connectivity index (χ0) is 33.1. The molecule has 2 aliphatic heterocycles. The van der Waals surface area contributed by atoms with Crippen molar-refractivity contribution in [1.29, 1.82) is 0 Å². The number of alkyl halides is 3. The van der Waals surface area contributed by atoms with Gasteiger partial charge >= 0.3 is 18.2 Å². The molecule has 2 N–H and O–H groups in total. The molecule has 2 atom stereocenters. The number of rotatable bonds is 8. The second kappa shape index (κ2) is 13.9. The number of carbonyl (C=O) groups excluding carboxylic acids is 2. The summed E-state index contributed by atoms with van der Waals surface area (Å²) in [6.07, 6.45) is -6.21. The van der Waals surface area contributed by atoms with Gasteiger partial charge in [0.05, 0.1) is 6.61 Å². The largest absolute Gasteiger partial charge is 0.464 e. The minimum absolute atomic E-state index is 0.0657. The highest BCUT2D eigenvalue weighted by atomic mass is 79.9. The maximum Gasteiger partial charge on any atom is 0.429 e. The molecule has 0 radical (unpaired) electrons. The van der Waals surface area contributed by atoms with Gasteiger partial charge in [0.25, 0.3) is 0 Å². The summed E-state index contributed by atoms with van der Waals surface area (Å²) in [5, 5.41) is 0.260. The number of anilines is 2. The van der Waals surface area contributed by atoms with E-state index in [-0.39, 0.29) is 40.1 Å². The first-order valence-electron chi connectivity index (χ1n) is 14.6. The van der Waals surface area contributed by atoms with Gasteiger partial charge in [-0.1, -0.05) is 63.9 Å². The summed E-state index contributed by atoms with van der Waals surface area (Å²) in [5.41, 5.74) is 6.15. The van der Waals surface area contributed by atoms with E-state index in [2.05, 4.69) is 25.9 Å². The lowest BCUT2D eigenvalue weighted by Gasteiger charge is -2.39. The van der Waals surface area contributed by atoms with Crippen LogP contribution in [-0.2, 0) is 20.9 Å². The molecule has 2 saturated heterocycles. The molecule has 46 heavy (non-hydrogen) atoms. The topological polar surface area (TPSA) is 120 Å². The smallest absolute Gasteiger partial charge is 0.429 e. The van der Waals surface area contributed by atoms with Crippen molar-refractivity contribution in [2.24, 2.45) is 5.41 Å². The number of aromatic nitrogens is 2. The van der Waals surface area contributed by atoms with Gasteiger partial charge in [0.2, 0.25) is 17.9 Å². The number of nitrogen functional groups attached to an aromatic ring is 1. The van der Waals surface area contributed by atoms with Crippen molar-refractivity contribution in [2.75, 3.05) is 36.9 Å². The highest BCUT2D eigenvalue weighted by Crippen LogP contribution is 2.45. The van der Waals surface area contributed by atoms with Gasteiger partial charge in [-0.05, 0) is 49.3 Å². The standard InChI is InChI=1S/C31H32BrClF3N5O5/c1-2-44-27(42)23-16-30(18-41(23)29(43)45-17-19-6-4-3-5-7-19)10-12-40(13-11-30)24-15-25(39-28(37)38-24)46-26(31(34,35)36)21-9-8-20(33)14-22(21)32/h3-9,14-15,23,26H,2,10-13,16-18H2,1H3,(H2,37,38,39)/t23-,26-/m1/s1. The van der Waals surface area contributed by atoms with Crippen LogP contribution in [-0.4, -0.2) is 65.4 Å². The fourth-order valence-corrected chi connectivity index (χ4v) is 6.76. The van der Waals surface area contributed by atoms with Gasteiger partial charge in [0.15, 0.2) is 0 Å². The lowest BCUT2D eigenvalue weighted by Crippen LogP contribution is -2.43. The number of benzene rings is 2. The predicted molar refractivity (Wildman–Crippen MR) is 167 cm³/mol. The third-order valence-corrected chi connectivity index (χ3v) is 9.06. The van der Waals surface area contributed by atoms with Crippen LogP contribution in [0.25, 0.3) is 0 Å². The number of hydrogen-bond acceptors (Lipinski definition) is 9. The monoisotopic (exact) mass is 725 g/mol. The summed E-state index contributed by atoms with van der Waals surface area (Å²) >= 11 is 9.06. The van der Waals surface area contributed by atoms with Gasteiger partial charge in [-0.3, -0.25) is 4.90 Å². The Morgan fingerprint density at radius 3 is 2.48 bits per heavy atom. The van der Waals surface area contributed by atoms with Crippen molar-refractivity contribution in [1.82, 2.24) is 14.9 Å². The first-order chi connectivity index (χ1) is 21.9. The molecule has 0 saturated carbocycles. The summed E-state index contributed by atoms with van der Waals surface area (Å²) in [6.45, 7) is 3.10. The van der Waals surface area contributed by atoms with Crippen LogP contribution in [0.4, 0.5) is 29.7 Å². The summed E-state index contributed by atoms with van der Waals surface area (Å²) in [4.78, 5) is 37.5. The van der Waals surface area contributed by atoms with Crippen LogP contribution < -0.4 is 15.4 Å². The van der Waals surface area contributed by atoms with Crippen molar-refractivity contribution < 1.29 is 37.0 Å². The van der Waals surface area contributed by atoms with Crippen molar-refractivity contribution in [3.8, 4) is 5.88 Å². The van der Waals surface area contributed by atoms with Crippen molar-refractivity contribution >= 4 is 51.4 Å². The Bertz CT molecular complexity index is 1560. The van der Waals surface area contributed by atoms with Gasteiger partial charge in [-0.2, -0.15) is 23.1 Å². The zero-order valence-electron chi connectivity index (χ0n) is 24.8. The van der Waals surface area contributed by atoms with E-state index in [1.54, 1.807) is 6.92 Å². The normalized spacial score (nSPS) is 18.3. The van der Waals surface area contributed by atoms with Crippen LogP contribution in [0.5, 0.6) is 5.88 Å². The molecule has 2 aliphatic rings. The highest BCUT2D eigenvalue weighted by Gasteiger charge is 2.51. The molecule has 0 aliphatic carbocycles. The maximum absolute atomic E-state index is 14.1. The van der Waals surface area contributed by atoms with E-state index in [0.29, 0.717) is 44.7 Å². The summed E-state index contributed by atoms with van der Waals surface area (Å²) < 4.78 is 58.7. The molecule has 3 aromatic rings. The van der Waals surface area contributed by atoms with E-state index in [1.165, 1.54) is 29.2 Å². The van der Waals surface area contributed by atoms with E-state index in [9.17, 15) is 22.8 Å². The van der Waals surface area contributed by atoms with E-state index in [4.69, 9.17) is 31.5 Å². The van der Waals surface area contributed by atoms with E-state index in [1.807, 2.05) is 35.2 Å². The van der Waals surface area contributed by atoms with Crippen LogP contribution in [0.1, 0.15) is 43.4 Å². The van der Waals surface area contributed by atoms with Crippen molar-refractivity contribution in [2.45, 2.75) is 51.1 Å². The SMILES string of the molecule is CCOC(=O)[C@H]1CC2(CCN(c3cc(O[C@H](c4ccc(Cl)cc4Br)C(F)(F)F)nc(N)n3)CC2)CN1C(=O)OCc1ccccc1. The lowest BCUT2D eigenvalue weighted by molar-refractivity contribution is -0.198. The number of ether oxygens (including phenoxy) is 3. The minimum atomic E-state index is -4.78. The Balaban J connectivity index is 1.29. The number of carbonyl (C=O) groups is 2. The summed E-state index contributed by atoms with van der Waals surface area (Å²) in [5.74, 6) is -0.787. The second-order valence-corrected chi connectivity index (χ2v) is 12.5. The fourth-order valence-electron chi connectivity index (χ4n) is 5.87. The predicted octanol–water partition coefficient (Wildman–Crippen LogP) is 6.72. The molecule has 3 heterocycles. The second-order valence-electron chi connectivity index (χ2n) is 11.3. The molecular weight excluding hydrogens is 695 g/mol. The average molecular weight is 727 g/mol. The molecule has 1 aromatic heterocycles. The first-order valence-corrected chi connectivity index (χ1v) is 15.8. The maximum atomic E-state index is 14.1. The average Bonchev–Trinajstić information content (AvgIpc) is 3.38. The number of amides is 1. The number of likely N-dealkylation sites (tertiary alicyclic amines) is 1. The number of esters is 1. The molecule has 1 spiro atoms. The Kier molecular flexibility index (Phi) is 10.2. The van der Waals surface area contributed by atoms with Gasteiger partial charge in [0, 0.05) is 40.8 Å². The van der Waals surface area contributed by atoms with E-state index < -0.39 is 35.8 Å². The molecule has 10 nitrogen and oxygen atoms in total. The molecule has 1 amide bonds. The van der Waals surface area contributed by atoms with Crippen LogP contribution in [0.15, 0.2) is 59.1 Å². The highest BCUT2D eigenvalue weighted by molar-refractivity contribution is 9.10. The molecule has 246 valence electrons. The number of nitrogens with zero attached hydrogens (tertiary/aromatic N) is 4. The Hall–Kier alpha value is -3.78. The van der Waals surface area contributed by atoms with Gasteiger partial charge in [-0.25, -0.2) is 9.59 Å². The van der Waals surface area contributed by atoms with Crippen LogP contribution >= 0.6 is 27.5 Å². The third-order valence-electron chi connectivity index (χ3n) is 8.14. The molecule has 5 rings (SSSR count). The van der Waals surface area contributed by atoms with Crippen molar-refractivity contribution in [3.05, 3.63) is 75.2 Å². The number of nitrogens with two attached hydrogens (primary N) is 1. The fraction of sp³-hybridized carbons (Fsp3) is 0.419. The molecule has 0 bridgehead atoms. The third kappa shape index (κ3) is 7.77. The molecular formula is C31H32BrClF3N5O5. The van der Waals surface area contributed by atoms with Crippen LogP contribution in [0, 0.1) is 5.41 Å². The zero-order valence-corrected chi connectivity index (χ0v) is 27.1. The number of piperidine rings is 1. The van der Waals surface area contributed by atoms with Gasteiger partial charge < -0.3 is 24.8 Å². The first kappa shape index (κ1) is 33.6. The Morgan fingerprint density at radius 1 is 1.11 bits per heavy atom.